The van der Waals surface area contributed by atoms with E-state index in [-0.39, 0.29) is 17.9 Å². The number of rotatable bonds is 8. The molecular formula is C20H31N3O2S. The van der Waals surface area contributed by atoms with Crippen LogP contribution in [0.4, 0.5) is 0 Å². The molecule has 0 saturated carbocycles. The van der Waals surface area contributed by atoms with E-state index in [9.17, 15) is 9.59 Å². The Morgan fingerprint density at radius 1 is 1.23 bits per heavy atom. The zero-order chi connectivity index (χ0) is 19.1. The number of thioether (sulfide) groups is 1. The first kappa shape index (κ1) is 20.8. The Morgan fingerprint density at radius 2 is 1.88 bits per heavy atom. The van der Waals surface area contributed by atoms with Crippen molar-refractivity contribution in [2.45, 2.75) is 44.0 Å². The summed E-state index contributed by atoms with van der Waals surface area (Å²) in [7, 11) is 1.81. The fourth-order valence-corrected chi connectivity index (χ4v) is 3.90. The van der Waals surface area contributed by atoms with Crippen molar-refractivity contribution in [3.05, 3.63) is 29.8 Å². The van der Waals surface area contributed by atoms with Gasteiger partial charge >= 0.3 is 0 Å². The fraction of sp³-hybridized carbons (Fsp3) is 0.600. The first-order chi connectivity index (χ1) is 12.4. The lowest BCUT2D eigenvalue weighted by atomic mass is 10.0. The van der Waals surface area contributed by atoms with Crippen molar-refractivity contribution in [1.29, 1.82) is 0 Å². The summed E-state index contributed by atoms with van der Waals surface area (Å²) in [6, 6.07) is 7.63. The van der Waals surface area contributed by atoms with E-state index in [1.807, 2.05) is 36.2 Å². The minimum Gasteiger partial charge on any atom is -0.342 e. The summed E-state index contributed by atoms with van der Waals surface area (Å²) >= 11 is 1.45. The molecule has 0 bridgehead atoms. The van der Waals surface area contributed by atoms with Gasteiger partial charge in [0.1, 0.15) is 0 Å². The molecule has 1 atom stereocenters. The predicted octanol–water partition coefficient (Wildman–Crippen LogP) is 2.85. The predicted molar refractivity (Wildman–Crippen MR) is 107 cm³/mol. The molecule has 6 heteroatoms. The molecule has 1 aromatic carbocycles. The zero-order valence-corrected chi connectivity index (χ0v) is 16.9. The standard InChI is InChI=1S/C20H31N3O2S/c1-15(2)17(21)10-13-22(3)20(25)16-8-4-5-9-18(16)26-14-19(24)23-11-6-7-12-23/h4-5,8-9,15,17H,6-7,10-14,21H2,1-3H3. The SMILES string of the molecule is CC(C)C(N)CCN(C)C(=O)c1ccccc1SCC(=O)N1CCCC1. The van der Waals surface area contributed by atoms with Gasteiger partial charge < -0.3 is 15.5 Å². The molecule has 2 amide bonds. The van der Waals surface area contributed by atoms with Crippen LogP contribution in [0.25, 0.3) is 0 Å². The summed E-state index contributed by atoms with van der Waals surface area (Å²) in [5.74, 6) is 0.924. The van der Waals surface area contributed by atoms with Gasteiger partial charge in [0.05, 0.1) is 11.3 Å². The number of nitrogens with two attached hydrogens (primary N) is 1. The normalized spacial score (nSPS) is 15.3. The maximum atomic E-state index is 12.8. The van der Waals surface area contributed by atoms with Gasteiger partial charge in [0.15, 0.2) is 0 Å². The van der Waals surface area contributed by atoms with Crippen molar-refractivity contribution in [2.24, 2.45) is 11.7 Å². The molecule has 2 N–H and O–H groups in total. The Kier molecular flexibility index (Phi) is 7.97. The van der Waals surface area contributed by atoms with Crippen LogP contribution < -0.4 is 5.73 Å². The molecule has 1 aliphatic rings. The Labute approximate surface area is 161 Å². The summed E-state index contributed by atoms with van der Waals surface area (Å²) < 4.78 is 0. The van der Waals surface area contributed by atoms with Gasteiger partial charge in [-0.25, -0.2) is 0 Å². The maximum Gasteiger partial charge on any atom is 0.254 e. The highest BCUT2D eigenvalue weighted by atomic mass is 32.2. The fourth-order valence-electron chi connectivity index (χ4n) is 2.95. The quantitative estimate of drug-likeness (QED) is 0.708. The van der Waals surface area contributed by atoms with Gasteiger partial charge in [0.25, 0.3) is 5.91 Å². The third-order valence-corrected chi connectivity index (χ3v) is 5.99. The minimum atomic E-state index is -0.0160. The Balaban J connectivity index is 1.95. The van der Waals surface area contributed by atoms with E-state index in [1.54, 1.807) is 4.90 Å². The second-order valence-electron chi connectivity index (χ2n) is 7.30. The van der Waals surface area contributed by atoms with E-state index >= 15 is 0 Å². The second-order valence-corrected chi connectivity index (χ2v) is 8.31. The number of amides is 2. The average molecular weight is 378 g/mol. The third kappa shape index (κ3) is 5.74. The van der Waals surface area contributed by atoms with Crippen LogP contribution in [0.1, 0.15) is 43.5 Å². The van der Waals surface area contributed by atoms with Crippen molar-refractivity contribution in [3.63, 3.8) is 0 Å². The van der Waals surface area contributed by atoms with Gasteiger partial charge in [0.2, 0.25) is 5.91 Å². The van der Waals surface area contributed by atoms with Gasteiger partial charge in [-0.3, -0.25) is 9.59 Å². The largest absolute Gasteiger partial charge is 0.342 e. The second kappa shape index (κ2) is 9.97. The molecule has 1 aromatic rings. The Morgan fingerprint density at radius 3 is 2.54 bits per heavy atom. The number of nitrogens with zero attached hydrogens (tertiary/aromatic N) is 2. The highest BCUT2D eigenvalue weighted by molar-refractivity contribution is 8.00. The van der Waals surface area contributed by atoms with E-state index < -0.39 is 0 Å². The van der Waals surface area contributed by atoms with Crippen LogP contribution in [0, 0.1) is 5.92 Å². The summed E-state index contributed by atoms with van der Waals surface area (Å²) in [4.78, 5) is 29.6. The van der Waals surface area contributed by atoms with Gasteiger partial charge in [-0.2, -0.15) is 0 Å². The lowest BCUT2D eigenvalue weighted by molar-refractivity contribution is -0.127. The van der Waals surface area contributed by atoms with E-state index in [0.717, 1.165) is 37.2 Å². The number of benzene rings is 1. The summed E-state index contributed by atoms with van der Waals surface area (Å²) in [6.07, 6.45) is 2.96. The molecule has 0 spiro atoms. The minimum absolute atomic E-state index is 0.0160. The van der Waals surface area contributed by atoms with Crippen LogP contribution in [-0.2, 0) is 4.79 Å². The lowest BCUT2D eigenvalue weighted by Crippen LogP contribution is -2.34. The summed E-state index contributed by atoms with van der Waals surface area (Å²) in [5.41, 5.74) is 6.75. The van der Waals surface area contributed by atoms with Gasteiger partial charge in [-0.1, -0.05) is 26.0 Å². The van der Waals surface area contributed by atoms with E-state index in [0.29, 0.717) is 23.8 Å². The molecule has 1 heterocycles. The number of carbonyl (C=O) groups is 2. The summed E-state index contributed by atoms with van der Waals surface area (Å²) in [5, 5.41) is 0. The molecule has 144 valence electrons. The van der Waals surface area contributed by atoms with Crippen molar-refractivity contribution in [1.82, 2.24) is 9.80 Å². The molecule has 1 unspecified atom stereocenters. The Bertz CT molecular complexity index is 615. The highest BCUT2D eigenvalue weighted by Crippen LogP contribution is 2.25. The first-order valence-corrected chi connectivity index (χ1v) is 10.4. The topological polar surface area (TPSA) is 66.6 Å². The first-order valence-electron chi connectivity index (χ1n) is 9.40. The third-order valence-electron chi connectivity index (χ3n) is 4.93. The number of hydrogen-bond acceptors (Lipinski definition) is 4. The van der Waals surface area contributed by atoms with Crippen LogP contribution in [0.3, 0.4) is 0 Å². The van der Waals surface area contributed by atoms with Crippen molar-refractivity contribution in [2.75, 3.05) is 32.4 Å². The van der Waals surface area contributed by atoms with Gasteiger partial charge in [0, 0.05) is 37.6 Å². The van der Waals surface area contributed by atoms with Crippen molar-refractivity contribution >= 4 is 23.6 Å². The van der Waals surface area contributed by atoms with Crippen LogP contribution in [-0.4, -0.2) is 60.1 Å². The molecular weight excluding hydrogens is 346 g/mol. The van der Waals surface area contributed by atoms with Crippen molar-refractivity contribution < 1.29 is 9.59 Å². The molecule has 2 rings (SSSR count). The number of carbonyl (C=O) groups excluding carboxylic acids is 2. The summed E-state index contributed by atoms with van der Waals surface area (Å²) in [6.45, 7) is 6.53. The molecule has 0 aliphatic carbocycles. The highest BCUT2D eigenvalue weighted by Gasteiger charge is 2.20. The van der Waals surface area contributed by atoms with E-state index in [2.05, 4.69) is 13.8 Å². The maximum absolute atomic E-state index is 12.8. The lowest BCUT2D eigenvalue weighted by Gasteiger charge is -2.22. The smallest absolute Gasteiger partial charge is 0.254 e. The molecule has 5 nitrogen and oxygen atoms in total. The molecule has 1 saturated heterocycles. The zero-order valence-electron chi connectivity index (χ0n) is 16.1. The Hall–Kier alpha value is -1.53. The van der Waals surface area contributed by atoms with E-state index in [4.69, 9.17) is 5.73 Å². The van der Waals surface area contributed by atoms with Crippen LogP contribution in [0.2, 0.25) is 0 Å². The monoisotopic (exact) mass is 377 g/mol. The van der Waals surface area contributed by atoms with Crippen LogP contribution in [0.5, 0.6) is 0 Å². The molecule has 1 aliphatic heterocycles. The average Bonchev–Trinajstić information content (AvgIpc) is 3.18. The van der Waals surface area contributed by atoms with Crippen LogP contribution >= 0.6 is 11.8 Å². The van der Waals surface area contributed by atoms with Crippen molar-refractivity contribution in [3.8, 4) is 0 Å². The number of likely N-dealkylation sites (tertiary alicyclic amines) is 1. The van der Waals surface area contributed by atoms with Gasteiger partial charge in [-0.05, 0) is 37.3 Å². The van der Waals surface area contributed by atoms with E-state index in [1.165, 1.54) is 11.8 Å². The molecule has 0 aromatic heterocycles. The molecule has 1 fully saturated rings. The van der Waals surface area contributed by atoms with Crippen LogP contribution in [0.15, 0.2) is 29.2 Å². The van der Waals surface area contributed by atoms with Gasteiger partial charge in [-0.15, -0.1) is 11.8 Å². The molecule has 0 radical (unpaired) electrons. The molecule has 26 heavy (non-hydrogen) atoms. The number of hydrogen-bond donors (Lipinski definition) is 1.